The van der Waals surface area contributed by atoms with Gasteiger partial charge in [-0.25, -0.2) is 14.5 Å². The highest BCUT2D eigenvalue weighted by Crippen LogP contribution is 2.32. The van der Waals surface area contributed by atoms with E-state index < -0.39 is 5.97 Å². The van der Waals surface area contributed by atoms with Crippen molar-refractivity contribution in [2.24, 2.45) is 0 Å². The Kier molecular flexibility index (Phi) is 5.17. The number of para-hydroxylation sites is 1. The molecule has 0 aliphatic heterocycles. The number of methoxy groups -OCH3 is 2. The monoisotopic (exact) mass is 353 g/mol. The van der Waals surface area contributed by atoms with Crippen LogP contribution in [0.3, 0.4) is 0 Å². The minimum absolute atomic E-state index is 0.212. The molecule has 7 nitrogen and oxygen atoms in total. The Balaban J connectivity index is 2.15. The lowest BCUT2D eigenvalue weighted by Gasteiger charge is -2.11. The highest BCUT2D eigenvalue weighted by atomic mass is 16.5. The minimum Gasteiger partial charge on any atom is -0.496 e. The third-order valence-electron chi connectivity index (χ3n) is 3.75. The van der Waals surface area contributed by atoms with Crippen molar-refractivity contribution in [1.82, 2.24) is 14.8 Å². The second kappa shape index (κ2) is 7.69. The quantitative estimate of drug-likeness (QED) is 0.634. The fourth-order valence-electron chi connectivity index (χ4n) is 2.55. The lowest BCUT2D eigenvalue weighted by Crippen LogP contribution is -2.07. The summed E-state index contributed by atoms with van der Waals surface area (Å²) in [7, 11) is 3.15. The van der Waals surface area contributed by atoms with Crippen LogP contribution in [0.4, 0.5) is 0 Å². The van der Waals surface area contributed by atoms with Gasteiger partial charge in [0.05, 0.1) is 38.4 Å². The van der Waals surface area contributed by atoms with Gasteiger partial charge in [-0.15, -0.1) is 0 Å². The third-order valence-corrected chi connectivity index (χ3v) is 3.75. The highest BCUT2D eigenvalue weighted by molar-refractivity contribution is 5.89. The number of carbonyl (C=O) groups is 1. The molecule has 2 heterocycles. The van der Waals surface area contributed by atoms with Crippen LogP contribution in [0.2, 0.25) is 0 Å². The number of pyridine rings is 1. The maximum atomic E-state index is 12.2. The standard InChI is InChI=1S/C19H19N3O4/c1-4-26-19(23)15-11-16(14-7-5-6-8-17(14)24-2)22(21-15)13-9-10-18(25-3)20-12-13/h5-12H,4H2,1-3H3. The largest absolute Gasteiger partial charge is 0.496 e. The molecule has 0 spiro atoms. The number of carbonyl (C=O) groups excluding carboxylic acids is 1. The van der Waals surface area contributed by atoms with E-state index in [1.807, 2.05) is 30.3 Å². The molecule has 0 fully saturated rings. The minimum atomic E-state index is -0.483. The Hall–Kier alpha value is -3.35. The third kappa shape index (κ3) is 3.37. The summed E-state index contributed by atoms with van der Waals surface area (Å²) < 4.78 is 17.3. The summed E-state index contributed by atoms with van der Waals surface area (Å²) in [5.74, 6) is 0.680. The summed E-state index contributed by atoms with van der Waals surface area (Å²) >= 11 is 0. The first kappa shape index (κ1) is 17.5. The van der Waals surface area contributed by atoms with Gasteiger partial charge < -0.3 is 14.2 Å². The molecule has 26 heavy (non-hydrogen) atoms. The van der Waals surface area contributed by atoms with E-state index in [9.17, 15) is 4.79 Å². The van der Waals surface area contributed by atoms with Gasteiger partial charge in [0, 0.05) is 11.6 Å². The van der Waals surface area contributed by atoms with E-state index in [0.29, 0.717) is 23.0 Å². The molecule has 0 saturated heterocycles. The van der Waals surface area contributed by atoms with Crippen LogP contribution in [0.25, 0.3) is 16.9 Å². The molecule has 134 valence electrons. The van der Waals surface area contributed by atoms with Crippen molar-refractivity contribution < 1.29 is 19.0 Å². The van der Waals surface area contributed by atoms with Crippen LogP contribution >= 0.6 is 0 Å². The lowest BCUT2D eigenvalue weighted by atomic mass is 10.1. The Bertz CT molecular complexity index is 903. The highest BCUT2D eigenvalue weighted by Gasteiger charge is 2.19. The van der Waals surface area contributed by atoms with Crippen molar-refractivity contribution in [2.75, 3.05) is 20.8 Å². The molecular formula is C19H19N3O4. The second-order valence-electron chi connectivity index (χ2n) is 5.31. The summed E-state index contributed by atoms with van der Waals surface area (Å²) in [6, 6.07) is 12.7. The molecule has 0 aliphatic rings. The van der Waals surface area contributed by atoms with Crippen LogP contribution in [0, 0.1) is 0 Å². The van der Waals surface area contributed by atoms with Gasteiger partial charge in [-0.05, 0) is 31.2 Å². The van der Waals surface area contributed by atoms with Gasteiger partial charge in [0.1, 0.15) is 5.75 Å². The summed E-state index contributed by atoms with van der Waals surface area (Å²) in [6.45, 7) is 2.03. The molecule has 0 amide bonds. The number of rotatable bonds is 6. The summed E-state index contributed by atoms with van der Waals surface area (Å²) in [6.07, 6.45) is 1.62. The zero-order valence-electron chi connectivity index (χ0n) is 14.8. The van der Waals surface area contributed by atoms with Gasteiger partial charge in [-0.1, -0.05) is 12.1 Å². The van der Waals surface area contributed by atoms with Crippen molar-refractivity contribution in [1.29, 1.82) is 0 Å². The fraction of sp³-hybridized carbons (Fsp3) is 0.211. The van der Waals surface area contributed by atoms with E-state index in [2.05, 4.69) is 10.1 Å². The van der Waals surface area contributed by atoms with Gasteiger partial charge in [-0.3, -0.25) is 0 Å². The Morgan fingerprint density at radius 1 is 1.12 bits per heavy atom. The normalized spacial score (nSPS) is 10.4. The predicted molar refractivity (Wildman–Crippen MR) is 95.9 cm³/mol. The fourth-order valence-corrected chi connectivity index (χ4v) is 2.55. The zero-order chi connectivity index (χ0) is 18.5. The summed E-state index contributed by atoms with van der Waals surface area (Å²) in [5, 5.41) is 4.41. The van der Waals surface area contributed by atoms with Gasteiger partial charge in [0.15, 0.2) is 5.69 Å². The maximum Gasteiger partial charge on any atom is 0.358 e. The molecule has 7 heteroatoms. The predicted octanol–water partition coefficient (Wildman–Crippen LogP) is 3.13. The molecule has 3 aromatic rings. The van der Waals surface area contributed by atoms with Gasteiger partial charge in [0.2, 0.25) is 5.88 Å². The number of nitrogens with zero attached hydrogens (tertiary/aromatic N) is 3. The molecular weight excluding hydrogens is 334 g/mol. The molecule has 0 N–H and O–H groups in total. The van der Waals surface area contributed by atoms with E-state index >= 15 is 0 Å². The summed E-state index contributed by atoms with van der Waals surface area (Å²) in [4.78, 5) is 16.4. The Labute approximate surface area is 151 Å². The topological polar surface area (TPSA) is 75.5 Å². The molecule has 0 unspecified atom stereocenters. The molecule has 0 aliphatic carbocycles. The van der Waals surface area contributed by atoms with Crippen molar-refractivity contribution >= 4 is 5.97 Å². The molecule has 1 aromatic carbocycles. The van der Waals surface area contributed by atoms with Crippen molar-refractivity contribution in [3.63, 3.8) is 0 Å². The SMILES string of the molecule is CCOC(=O)c1cc(-c2ccccc2OC)n(-c2ccc(OC)nc2)n1. The number of aromatic nitrogens is 3. The van der Waals surface area contributed by atoms with Crippen LogP contribution in [0.15, 0.2) is 48.7 Å². The number of benzene rings is 1. The molecule has 2 aromatic heterocycles. The van der Waals surface area contributed by atoms with Gasteiger partial charge in [0.25, 0.3) is 0 Å². The van der Waals surface area contributed by atoms with Gasteiger partial charge in [-0.2, -0.15) is 5.10 Å². The first-order valence-corrected chi connectivity index (χ1v) is 8.09. The molecule has 0 atom stereocenters. The molecule has 0 bridgehead atoms. The van der Waals surface area contributed by atoms with Crippen molar-refractivity contribution in [3.8, 4) is 28.6 Å². The van der Waals surface area contributed by atoms with E-state index in [1.165, 1.54) is 0 Å². The zero-order valence-corrected chi connectivity index (χ0v) is 14.8. The van der Waals surface area contributed by atoms with Crippen LogP contribution in [0.1, 0.15) is 17.4 Å². The average molecular weight is 353 g/mol. The lowest BCUT2D eigenvalue weighted by molar-refractivity contribution is 0.0519. The first-order chi connectivity index (χ1) is 12.7. The van der Waals surface area contributed by atoms with Gasteiger partial charge >= 0.3 is 5.97 Å². The van der Waals surface area contributed by atoms with Crippen LogP contribution < -0.4 is 9.47 Å². The van der Waals surface area contributed by atoms with E-state index in [-0.39, 0.29) is 12.3 Å². The number of hydrogen-bond acceptors (Lipinski definition) is 6. The number of esters is 1. The Morgan fingerprint density at radius 2 is 1.92 bits per heavy atom. The van der Waals surface area contributed by atoms with E-state index in [0.717, 1.165) is 5.56 Å². The van der Waals surface area contributed by atoms with Crippen molar-refractivity contribution in [2.45, 2.75) is 6.92 Å². The molecule has 0 saturated carbocycles. The van der Waals surface area contributed by atoms with E-state index in [4.69, 9.17) is 14.2 Å². The van der Waals surface area contributed by atoms with Crippen LogP contribution in [-0.4, -0.2) is 41.6 Å². The van der Waals surface area contributed by atoms with Crippen LogP contribution in [-0.2, 0) is 4.74 Å². The number of ether oxygens (including phenoxy) is 3. The first-order valence-electron chi connectivity index (χ1n) is 8.09. The van der Waals surface area contributed by atoms with Crippen molar-refractivity contribution in [3.05, 3.63) is 54.4 Å². The smallest absolute Gasteiger partial charge is 0.358 e. The maximum absolute atomic E-state index is 12.2. The second-order valence-corrected chi connectivity index (χ2v) is 5.31. The van der Waals surface area contributed by atoms with Crippen LogP contribution in [0.5, 0.6) is 11.6 Å². The average Bonchev–Trinajstić information content (AvgIpc) is 3.13. The Morgan fingerprint density at radius 3 is 2.58 bits per heavy atom. The summed E-state index contributed by atoms with van der Waals surface area (Å²) in [5.41, 5.74) is 2.39. The molecule has 3 rings (SSSR count). The van der Waals surface area contributed by atoms with E-state index in [1.54, 1.807) is 44.2 Å². The molecule has 0 radical (unpaired) electrons. The number of hydrogen-bond donors (Lipinski definition) is 0.